The first-order chi connectivity index (χ1) is 9.09. The van der Waals surface area contributed by atoms with E-state index >= 15 is 0 Å². The lowest BCUT2D eigenvalue weighted by molar-refractivity contribution is 0.631. The zero-order chi connectivity index (χ0) is 13.6. The Morgan fingerprint density at radius 1 is 1.21 bits per heavy atom. The molecule has 5 nitrogen and oxygen atoms in total. The summed E-state index contributed by atoms with van der Waals surface area (Å²) in [5.41, 5.74) is 6.24. The highest BCUT2D eigenvalue weighted by molar-refractivity contribution is 6.36. The summed E-state index contributed by atoms with van der Waals surface area (Å²) in [6.45, 7) is 0. The van der Waals surface area contributed by atoms with Crippen molar-refractivity contribution < 1.29 is 4.39 Å². The Morgan fingerprint density at radius 2 is 2.00 bits per heavy atom. The Bertz CT molecular complexity index is 766. The number of rotatable bonds is 1. The summed E-state index contributed by atoms with van der Waals surface area (Å²) in [4.78, 5) is 7.87. The molecular weight excluding hydrogens is 292 g/mol. The Labute approximate surface area is 116 Å². The van der Waals surface area contributed by atoms with Crippen LogP contribution in [0, 0.1) is 5.82 Å². The number of fused-ring (bicyclic) bond motifs is 1. The van der Waals surface area contributed by atoms with Gasteiger partial charge in [0.1, 0.15) is 23.1 Å². The van der Waals surface area contributed by atoms with Gasteiger partial charge in [-0.05, 0) is 12.1 Å². The molecule has 0 amide bonds. The fourth-order valence-corrected chi connectivity index (χ4v) is 2.33. The van der Waals surface area contributed by atoms with Gasteiger partial charge in [0.05, 0.1) is 10.6 Å². The lowest BCUT2D eigenvalue weighted by Gasteiger charge is -2.11. The molecule has 0 spiro atoms. The van der Waals surface area contributed by atoms with E-state index in [0.29, 0.717) is 0 Å². The lowest BCUT2D eigenvalue weighted by atomic mass is 10.1. The van der Waals surface area contributed by atoms with E-state index < -0.39 is 5.82 Å². The maximum absolute atomic E-state index is 14.0. The molecule has 0 unspecified atom stereocenters. The van der Waals surface area contributed by atoms with Crippen LogP contribution in [-0.4, -0.2) is 19.6 Å². The summed E-state index contributed by atoms with van der Waals surface area (Å²) >= 11 is 12.1. The molecule has 0 aliphatic rings. The highest BCUT2D eigenvalue weighted by Crippen LogP contribution is 2.38. The van der Waals surface area contributed by atoms with Crippen LogP contribution in [0.25, 0.3) is 16.9 Å². The summed E-state index contributed by atoms with van der Waals surface area (Å²) in [6.07, 6.45) is 1.28. The monoisotopic (exact) mass is 297 g/mol. The van der Waals surface area contributed by atoms with E-state index in [-0.39, 0.29) is 32.9 Å². The lowest BCUT2D eigenvalue weighted by Crippen LogP contribution is -2.05. The molecule has 96 valence electrons. The van der Waals surface area contributed by atoms with E-state index in [1.54, 1.807) is 6.07 Å². The number of anilines is 1. The van der Waals surface area contributed by atoms with Crippen molar-refractivity contribution in [1.29, 1.82) is 0 Å². The second-order valence-corrected chi connectivity index (χ2v) is 4.50. The number of hydrogen-bond donors (Lipinski definition) is 1. The first kappa shape index (κ1) is 12.1. The van der Waals surface area contributed by atoms with Crippen LogP contribution in [0.1, 0.15) is 0 Å². The molecule has 0 saturated carbocycles. The van der Waals surface area contributed by atoms with Gasteiger partial charge in [-0.25, -0.2) is 4.39 Å². The predicted molar refractivity (Wildman–Crippen MR) is 70.6 cm³/mol. The molecule has 19 heavy (non-hydrogen) atoms. The number of nitrogens with zero attached hydrogens (tertiary/aromatic N) is 4. The quantitative estimate of drug-likeness (QED) is 0.701. The van der Waals surface area contributed by atoms with Crippen molar-refractivity contribution in [1.82, 2.24) is 19.6 Å². The summed E-state index contributed by atoms with van der Waals surface area (Å²) in [7, 11) is 0. The van der Waals surface area contributed by atoms with E-state index in [1.165, 1.54) is 23.0 Å². The maximum Gasteiger partial charge on any atom is 0.255 e. The Morgan fingerprint density at radius 3 is 2.74 bits per heavy atom. The Balaban J connectivity index is 2.42. The molecule has 0 bridgehead atoms. The molecule has 0 atom stereocenters. The minimum Gasteiger partial charge on any atom is -0.383 e. The molecular formula is C11H6Cl2FN5. The van der Waals surface area contributed by atoms with Gasteiger partial charge in [0.2, 0.25) is 0 Å². The Kier molecular flexibility index (Phi) is 2.76. The van der Waals surface area contributed by atoms with Crippen molar-refractivity contribution in [3.63, 3.8) is 0 Å². The minimum atomic E-state index is -0.539. The molecule has 0 radical (unpaired) electrons. The topological polar surface area (TPSA) is 69.1 Å². The van der Waals surface area contributed by atoms with Gasteiger partial charge in [0.15, 0.2) is 0 Å². The number of aromatic nitrogens is 4. The van der Waals surface area contributed by atoms with E-state index in [9.17, 15) is 4.39 Å². The highest BCUT2D eigenvalue weighted by atomic mass is 35.5. The van der Waals surface area contributed by atoms with Crippen LogP contribution in [-0.2, 0) is 0 Å². The molecule has 3 aromatic rings. The van der Waals surface area contributed by atoms with Gasteiger partial charge in [-0.3, -0.25) is 0 Å². The van der Waals surface area contributed by atoms with Crippen molar-refractivity contribution in [3.8, 4) is 11.1 Å². The molecule has 0 fully saturated rings. The second kappa shape index (κ2) is 4.32. The fraction of sp³-hybridized carbons (Fsp3) is 0. The average Bonchev–Trinajstić information content (AvgIpc) is 2.81. The number of nitrogens with two attached hydrogens (primary N) is 1. The maximum atomic E-state index is 14.0. The molecule has 0 aliphatic carbocycles. The van der Waals surface area contributed by atoms with Gasteiger partial charge >= 0.3 is 0 Å². The number of halogens is 3. The highest BCUT2D eigenvalue weighted by Gasteiger charge is 2.20. The second-order valence-electron chi connectivity index (χ2n) is 3.73. The largest absolute Gasteiger partial charge is 0.383 e. The molecule has 0 aliphatic heterocycles. The van der Waals surface area contributed by atoms with Crippen LogP contribution < -0.4 is 5.73 Å². The molecule has 3 rings (SSSR count). The summed E-state index contributed by atoms with van der Waals surface area (Å²) in [5.74, 6) is -0.180. The molecule has 8 heteroatoms. The van der Waals surface area contributed by atoms with Crippen LogP contribution in [0.5, 0.6) is 0 Å². The summed E-state index contributed by atoms with van der Waals surface area (Å²) in [5, 5.41) is 4.11. The molecule has 0 saturated heterocycles. The fourth-order valence-electron chi connectivity index (χ4n) is 1.80. The van der Waals surface area contributed by atoms with E-state index in [1.807, 2.05) is 0 Å². The van der Waals surface area contributed by atoms with Crippen LogP contribution in [0.3, 0.4) is 0 Å². The molecule has 2 N–H and O–H groups in total. The van der Waals surface area contributed by atoms with Crippen LogP contribution >= 0.6 is 23.2 Å². The van der Waals surface area contributed by atoms with Crippen LogP contribution in [0.15, 0.2) is 24.5 Å². The van der Waals surface area contributed by atoms with Crippen molar-refractivity contribution in [2.45, 2.75) is 0 Å². The van der Waals surface area contributed by atoms with Crippen molar-refractivity contribution in [3.05, 3.63) is 40.5 Å². The SMILES string of the molecule is Nc1c(-c2c(F)cccc2Cl)c(Cl)nc2ncnn12. The number of nitrogen functional groups attached to an aromatic ring is 1. The first-order valence-corrected chi connectivity index (χ1v) is 5.94. The number of benzene rings is 1. The zero-order valence-electron chi connectivity index (χ0n) is 9.31. The van der Waals surface area contributed by atoms with Gasteiger partial charge in [-0.2, -0.15) is 19.6 Å². The summed E-state index contributed by atoms with van der Waals surface area (Å²) < 4.78 is 15.2. The smallest absolute Gasteiger partial charge is 0.255 e. The summed E-state index contributed by atoms with van der Waals surface area (Å²) in [6, 6.07) is 4.30. The predicted octanol–water partition coefficient (Wildman–Crippen LogP) is 2.82. The molecule has 2 aromatic heterocycles. The van der Waals surface area contributed by atoms with Crippen molar-refractivity contribution >= 4 is 34.8 Å². The van der Waals surface area contributed by atoms with E-state index in [2.05, 4.69) is 15.1 Å². The van der Waals surface area contributed by atoms with E-state index in [4.69, 9.17) is 28.9 Å². The Hall–Kier alpha value is -1.92. The van der Waals surface area contributed by atoms with Gasteiger partial charge in [-0.15, -0.1) is 0 Å². The number of hydrogen-bond acceptors (Lipinski definition) is 4. The average molecular weight is 298 g/mol. The third-order valence-corrected chi connectivity index (χ3v) is 3.22. The zero-order valence-corrected chi connectivity index (χ0v) is 10.8. The van der Waals surface area contributed by atoms with E-state index in [0.717, 1.165) is 0 Å². The van der Waals surface area contributed by atoms with Gasteiger partial charge in [-0.1, -0.05) is 29.3 Å². The van der Waals surface area contributed by atoms with Crippen molar-refractivity contribution in [2.75, 3.05) is 5.73 Å². The van der Waals surface area contributed by atoms with Gasteiger partial charge in [0.25, 0.3) is 5.78 Å². The van der Waals surface area contributed by atoms with Crippen LogP contribution in [0.4, 0.5) is 10.2 Å². The van der Waals surface area contributed by atoms with Gasteiger partial charge < -0.3 is 5.73 Å². The van der Waals surface area contributed by atoms with Gasteiger partial charge in [0, 0.05) is 5.56 Å². The standard InChI is InChI=1S/C11H6Cl2FN5/c12-5-2-1-3-6(14)7(5)8-9(13)18-11-16-4-17-19(11)10(8)15/h1-4H,15H2. The molecule has 2 heterocycles. The normalized spacial score (nSPS) is 11.1. The van der Waals surface area contributed by atoms with Crippen molar-refractivity contribution in [2.24, 2.45) is 0 Å². The third kappa shape index (κ3) is 1.80. The first-order valence-electron chi connectivity index (χ1n) is 5.18. The minimum absolute atomic E-state index is 0.0185. The molecule has 1 aromatic carbocycles. The third-order valence-electron chi connectivity index (χ3n) is 2.63. The van der Waals surface area contributed by atoms with Crippen LogP contribution in [0.2, 0.25) is 10.2 Å².